The number of carboxylic acids is 1. The summed E-state index contributed by atoms with van der Waals surface area (Å²) in [5.74, 6) is -1.42. The van der Waals surface area contributed by atoms with Crippen LogP contribution in [0.1, 0.15) is 22.3 Å². The highest BCUT2D eigenvalue weighted by molar-refractivity contribution is 7.17. The molecule has 1 aromatic rings. The van der Waals surface area contributed by atoms with Crippen molar-refractivity contribution in [2.24, 2.45) is 0 Å². The van der Waals surface area contributed by atoms with Gasteiger partial charge in [0, 0.05) is 7.05 Å². The van der Waals surface area contributed by atoms with Crippen molar-refractivity contribution in [1.82, 2.24) is 9.88 Å². The number of carboxylic acid groups (broad SMARTS) is 1. The number of aryl methyl sites for hydroxylation is 1. The molecule has 0 saturated heterocycles. The van der Waals surface area contributed by atoms with E-state index >= 15 is 0 Å². The first kappa shape index (κ1) is 12.4. The van der Waals surface area contributed by atoms with E-state index in [1.807, 2.05) is 0 Å². The standard InChI is InChI=1S/C9H13N3O3S/c1-4-6(16-9(10)11-4)7(13)12(3)5(2)8(14)15/h5H,1-3H3,(H2,10,11)(H,14,15). The van der Waals surface area contributed by atoms with E-state index in [4.69, 9.17) is 10.8 Å². The third-order valence-corrected chi connectivity index (χ3v) is 3.24. The number of thiazole rings is 1. The molecule has 16 heavy (non-hydrogen) atoms. The van der Waals surface area contributed by atoms with Gasteiger partial charge in [0.05, 0.1) is 5.69 Å². The zero-order valence-electron chi connectivity index (χ0n) is 9.22. The predicted molar refractivity (Wildman–Crippen MR) is 60.5 cm³/mol. The van der Waals surface area contributed by atoms with Crippen molar-refractivity contribution in [2.45, 2.75) is 19.9 Å². The van der Waals surface area contributed by atoms with Crippen LogP contribution in [-0.4, -0.2) is 40.0 Å². The number of nitrogen functional groups attached to an aromatic ring is 1. The number of nitrogens with zero attached hydrogens (tertiary/aromatic N) is 2. The molecule has 0 aliphatic rings. The van der Waals surface area contributed by atoms with E-state index in [1.54, 1.807) is 6.92 Å². The first-order valence-corrected chi connectivity index (χ1v) is 5.39. The van der Waals surface area contributed by atoms with Crippen LogP contribution in [0.5, 0.6) is 0 Å². The minimum absolute atomic E-state index is 0.303. The van der Waals surface area contributed by atoms with Gasteiger partial charge in [0.25, 0.3) is 5.91 Å². The molecule has 0 saturated carbocycles. The van der Waals surface area contributed by atoms with Gasteiger partial charge in [0.2, 0.25) is 0 Å². The molecule has 0 radical (unpaired) electrons. The molecule has 0 fully saturated rings. The second kappa shape index (κ2) is 4.48. The summed E-state index contributed by atoms with van der Waals surface area (Å²) in [4.78, 5) is 28.1. The average molecular weight is 243 g/mol. The zero-order chi connectivity index (χ0) is 12.5. The van der Waals surface area contributed by atoms with Gasteiger partial charge in [-0.05, 0) is 13.8 Å². The number of hydrogen-bond donors (Lipinski definition) is 2. The summed E-state index contributed by atoms with van der Waals surface area (Å²) in [6, 6.07) is -0.879. The van der Waals surface area contributed by atoms with E-state index in [0.29, 0.717) is 15.7 Å². The number of carbonyl (C=O) groups excluding carboxylic acids is 1. The van der Waals surface area contributed by atoms with Crippen LogP contribution in [-0.2, 0) is 4.79 Å². The van der Waals surface area contributed by atoms with E-state index in [2.05, 4.69) is 4.98 Å². The second-order valence-corrected chi connectivity index (χ2v) is 4.43. The lowest BCUT2D eigenvalue weighted by Crippen LogP contribution is -2.40. The van der Waals surface area contributed by atoms with Crippen LogP contribution in [0.3, 0.4) is 0 Å². The minimum Gasteiger partial charge on any atom is -0.480 e. The summed E-state index contributed by atoms with van der Waals surface area (Å²) in [5, 5.41) is 9.09. The fraction of sp³-hybridized carbons (Fsp3) is 0.444. The maximum Gasteiger partial charge on any atom is 0.326 e. The minimum atomic E-state index is -1.05. The summed E-state index contributed by atoms with van der Waals surface area (Å²) in [5.41, 5.74) is 6.00. The summed E-state index contributed by atoms with van der Waals surface area (Å²) >= 11 is 1.06. The van der Waals surface area contributed by atoms with E-state index in [-0.39, 0.29) is 5.91 Å². The number of anilines is 1. The normalized spacial score (nSPS) is 12.2. The predicted octanol–water partition coefficient (Wildman–Crippen LogP) is 0.579. The molecule has 3 N–H and O–H groups in total. The Morgan fingerprint density at radius 2 is 2.12 bits per heavy atom. The fourth-order valence-electron chi connectivity index (χ4n) is 1.12. The molecule has 1 atom stereocenters. The molecule has 0 bridgehead atoms. The van der Waals surface area contributed by atoms with Crippen molar-refractivity contribution in [1.29, 1.82) is 0 Å². The van der Waals surface area contributed by atoms with Gasteiger partial charge in [-0.2, -0.15) is 0 Å². The highest BCUT2D eigenvalue weighted by Gasteiger charge is 2.25. The van der Waals surface area contributed by atoms with Crippen molar-refractivity contribution in [3.05, 3.63) is 10.6 Å². The summed E-state index contributed by atoms with van der Waals surface area (Å²) in [6.07, 6.45) is 0. The summed E-state index contributed by atoms with van der Waals surface area (Å²) < 4.78 is 0. The van der Waals surface area contributed by atoms with Gasteiger partial charge < -0.3 is 15.7 Å². The Morgan fingerprint density at radius 3 is 2.50 bits per heavy atom. The fourth-order valence-corrected chi connectivity index (χ4v) is 1.93. The monoisotopic (exact) mass is 243 g/mol. The largest absolute Gasteiger partial charge is 0.480 e. The Hall–Kier alpha value is -1.63. The Morgan fingerprint density at radius 1 is 1.56 bits per heavy atom. The van der Waals surface area contributed by atoms with Gasteiger partial charge in [-0.15, -0.1) is 0 Å². The smallest absolute Gasteiger partial charge is 0.326 e. The Labute approximate surface area is 96.7 Å². The van der Waals surface area contributed by atoms with Gasteiger partial charge in [0.15, 0.2) is 5.13 Å². The van der Waals surface area contributed by atoms with Gasteiger partial charge in [-0.25, -0.2) is 9.78 Å². The highest BCUT2D eigenvalue weighted by Crippen LogP contribution is 2.21. The van der Waals surface area contributed by atoms with Crippen LogP contribution < -0.4 is 5.73 Å². The quantitative estimate of drug-likeness (QED) is 0.809. The zero-order valence-corrected chi connectivity index (χ0v) is 10.0. The van der Waals surface area contributed by atoms with Crippen molar-refractivity contribution in [2.75, 3.05) is 12.8 Å². The third kappa shape index (κ3) is 2.30. The number of aliphatic carboxylic acids is 1. The Kier molecular flexibility index (Phi) is 3.48. The number of nitrogens with two attached hydrogens (primary N) is 1. The van der Waals surface area contributed by atoms with Crippen LogP contribution in [0.4, 0.5) is 5.13 Å². The molecule has 0 aliphatic heterocycles. The average Bonchev–Trinajstić information content (AvgIpc) is 2.54. The van der Waals surface area contributed by atoms with E-state index in [9.17, 15) is 9.59 Å². The van der Waals surface area contributed by atoms with Crippen LogP contribution in [0.25, 0.3) is 0 Å². The lowest BCUT2D eigenvalue weighted by Gasteiger charge is -2.20. The van der Waals surface area contributed by atoms with Crippen LogP contribution in [0.2, 0.25) is 0 Å². The maximum atomic E-state index is 11.9. The molecule has 1 heterocycles. The van der Waals surface area contributed by atoms with Crippen LogP contribution in [0.15, 0.2) is 0 Å². The second-order valence-electron chi connectivity index (χ2n) is 3.40. The van der Waals surface area contributed by atoms with Crippen molar-refractivity contribution < 1.29 is 14.7 Å². The molecule has 6 nitrogen and oxygen atoms in total. The molecule has 1 unspecified atom stereocenters. The SMILES string of the molecule is Cc1nc(N)sc1C(=O)N(C)C(C)C(=O)O. The van der Waals surface area contributed by atoms with Crippen LogP contribution in [0, 0.1) is 6.92 Å². The van der Waals surface area contributed by atoms with Crippen LogP contribution >= 0.6 is 11.3 Å². The number of aromatic nitrogens is 1. The van der Waals surface area contributed by atoms with E-state index < -0.39 is 12.0 Å². The molecule has 0 aliphatic carbocycles. The molecule has 1 rings (SSSR count). The molecule has 1 aromatic heterocycles. The topological polar surface area (TPSA) is 96.5 Å². The van der Waals surface area contributed by atoms with Gasteiger partial charge in [0.1, 0.15) is 10.9 Å². The molecular formula is C9H13N3O3S. The number of likely N-dealkylation sites (N-methyl/N-ethyl adjacent to an activating group) is 1. The molecule has 0 aromatic carbocycles. The first-order chi connectivity index (χ1) is 7.34. The molecule has 88 valence electrons. The molecule has 7 heteroatoms. The number of amides is 1. The van der Waals surface area contributed by atoms with Gasteiger partial charge in [-0.1, -0.05) is 11.3 Å². The lowest BCUT2D eigenvalue weighted by atomic mass is 10.2. The van der Waals surface area contributed by atoms with E-state index in [0.717, 1.165) is 16.2 Å². The number of carbonyl (C=O) groups is 2. The number of rotatable bonds is 3. The van der Waals surface area contributed by atoms with Crippen molar-refractivity contribution >= 4 is 28.3 Å². The van der Waals surface area contributed by atoms with E-state index in [1.165, 1.54) is 14.0 Å². The van der Waals surface area contributed by atoms with Gasteiger partial charge in [-0.3, -0.25) is 4.79 Å². The molecule has 0 spiro atoms. The number of hydrogen-bond acceptors (Lipinski definition) is 5. The highest BCUT2D eigenvalue weighted by atomic mass is 32.1. The maximum absolute atomic E-state index is 11.9. The summed E-state index contributed by atoms with van der Waals surface area (Å²) in [6.45, 7) is 3.11. The van der Waals surface area contributed by atoms with Crippen molar-refractivity contribution in [3.8, 4) is 0 Å². The molecular weight excluding hydrogens is 230 g/mol. The first-order valence-electron chi connectivity index (χ1n) is 4.57. The Balaban J connectivity index is 2.94. The van der Waals surface area contributed by atoms with Crippen molar-refractivity contribution in [3.63, 3.8) is 0 Å². The Bertz CT molecular complexity index is 430. The molecule has 1 amide bonds. The van der Waals surface area contributed by atoms with Gasteiger partial charge >= 0.3 is 5.97 Å². The lowest BCUT2D eigenvalue weighted by molar-refractivity contribution is -0.141. The third-order valence-electron chi connectivity index (χ3n) is 2.27. The summed E-state index contributed by atoms with van der Waals surface area (Å²) in [7, 11) is 1.44.